The average Bonchev–Trinajstić information content (AvgIpc) is 2.67. The molecular formula is C13H18BrNOS. The Kier molecular flexibility index (Phi) is 4.77. The number of ketones is 1. The minimum Gasteiger partial charge on any atom is -0.301 e. The third-order valence-electron chi connectivity index (χ3n) is 3.29. The molecule has 4 heteroatoms. The molecule has 17 heavy (non-hydrogen) atoms. The van der Waals surface area contributed by atoms with Gasteiger partial charge in [0.2, 0.25) is 0 Å². The zero-order valence-corrected chi connectivity index (χ0v) is 12.5. The van der Waals surface area contributed by atoms with Gasteiger partial charge in [-0.1, -0.05) is 6.42 Å². The van der Waals surface area contributed by atoms with Gasteiger partial charge < -0.3 is 4.90 Å². The quantitative estimate of drug-likeness (QED) is 0.844. The number of hydrogen-bond acceptors (Lipinski definition) is 3. The van der Waals surface area contributed by atoms with E-state index < -0.39 is 0 Å². The molecule has 0 aromatic carbocycles. The summed E-state index contributed by atoms with van der Waals surface area (Å²) >= 11 is 5.19. The maximum absolute atomic E-state index is 11.8. The number of Topliss-reactive ketones (excluding diaryl/α,β-unsaturated/α-hetero) is 1. The minimum atomic E-state index is 0.274. The van der Waals surface area contributed by atoms with Crippen LogP contribution >= 0.6 is 27.3 Å². The summed E-state index contributed by atoms with van der Waals surface area (Å²) in [5, 5.41) is 2.17. The molecule has 2 nitrogen and oxygen atoms in total. The van der Waals surface area contributed by atoms with E-state index >= 15 is 0 Å². The molecule has 1 aromatic heterocycles. The minimum absolute atomic E-state index is 0.274. The van der Waals surface area contributed by atoms with Crippen molar-refractivity contribution in [1.29, 1.82) is 0 Å². The predicted molar refractivity (Wildman–Crippen MR) is 75.3 cm³/mol. The van der Waals surface area contributed by atoms with E-state index in [-0.39, 0.29) is 5.92 Å². The Balaban J connectivity index is 1.84. The molecule has 1 aromatic rings. The summed E-state index contributed by atoms with van der Waals surface area (Å²) in [6, 6.07) is 2.16. The largest absolute Gasteiger partial charge is 0.301 e. The Morgan fingerprint density at radius 2 is 2.35 bits per heavy atom. The second kappa shape index (κ2) is 6.12. The molecule has 1 aliphatic rings. The molecule has 0 bridgehead atoms. The first kappa shape index (κ1) is 13.2. The molecule has 1 atom stereocenters. The van der Waals surface area contributed by atoms with Gasteiger partial charge in [-0.05, 0) is 52.8 Å². The van der Waals surface area contributed by atoms with Crippen LogP contribution in [0.1, 0.15) is 31.2 Å². The molecule has 0 spiro atoms. The van der Waals surface area contributed by atoms with Gasteiger partial charge in [-0.3, -0.25) is 4.79 Å². The first-order valence-electron chi connectivity index (χ1n) is 6.09. The summed E-state index contributed by atoms with van der Waals surface area (Å²) in [7, 11) is 2.10. The molecular weight excluding hydrogens is 298 g/mol. The van der Waals surface area contributed by atoms with Crippen LogP contribution in [0, 0.1) is 5.92 Å². The highest BCUT2D eigenvalue weighted by Crippen LogP contribution is 2.24. The predicted octanol–water partition coefficient (Wildman–Crippen LogP) is 3.70. The zero-order valence-electron chi connectivity index (χ0n) is 10.1. The van der Waals surface area contributed by atoms with Gasteiger partial charge in [0.05, 0.1) is 3.79 Å². The Morgan fingerprint density at radius 3 is 3.00 bits per heavy atom. The number of hydrogen-bond donors (Lipinski definition) is 0. The van der Waals surface area contributed by atoms with Crippen molar-refractivity contribution in [2.75, 3.05) is 13.6 Å². The summed E-state index contributed by atoms with van der Waals surface area (Å²) in [5.74, 6) is 0.741. The van der Waals surface area contributed by atoms with Crippen LogP contribution in [-0.2, 0) is 11.3 Å². The van der Waals surface area contributed by atoms with Crippen LogP contribution in [0.3, 0.4) is 0 Å². The third kappa shape index (κ3) is 3.90. The van der Waals surface area contributed by atoms with Crippen LogP contribution in [0.2, 0.25) is 0 Å². The van der Waals surface area contributed by atoms with Crippen molar-refractivity contribution in [3.05, 3.63) is 20.8 Å². The van der Waals surface area contributed by atoms with E-state index in [0.29, 0.717) is 5.78 Å². The fraction of sp³-hybridized carbons (Fsp3) is 0.615. The monoisotopic (exact) mass is 315 g/mol. The number of thiophene rings is 1. The summed E-state index contributed by atoms with van der Waals surface area (Å²) in [5.41, 5.74) is 1.33. The van der Waals surface area contributed by atoms with Crippen LogP contribution < -0.4 is 0 Å². The van der Waals surface area contributed by atoms with Gasteiger partial charge in [-0.2, -0.15) is 0 Å². The van der Waals surface area contributed by atoms with E-state index in [4.69, 9.17) is 0 Å². The average molecular weight is 316 g/mol. The summed E-state index contributed by atoms with van der Waals surface area (Å²) < 4.78 is 1.18. The molecule has 0 radical (unpaired) electrons. The molecule has 0 saturated heterocycles. The highest BCUT2D eigenvalue weighted by molar-refractivity contribution is 9.11. The fourth-order valence-corrected chi connectivity index (χ4v) is 3.63. The topological polar surface area (TPSA) is 20.3 Å². The Labute approximate surface area is 115 Å². The van der Waals surface area contributed by atoms with Gasteiger partial charge in [0.25, 0.3) is 0 Å². The van der Waals surface area contributed by atoms with E-state index in [2.05, 4.69) is 39.3 Å². The van der Waals surface area contributed by atoms with Crippen molar-refractivity contribution in [2.24, 2.45) is 5.92 Å². The van der Waals surface area contributed by atoms with Crippen molar-refractivity contribution in [3.63, 3.8) is 0 Å². The second-order valence-electron chi connectivity index (χ2n) is 4.86. The Hall–Kier alpha value is -0.190. The molecule has 2 rings (SSSR count). The number of nitrogens with zero attached hydrogens (tertiary/aromatic N) is 1. The summed E-state index contributed by atoms with van der Waals surface area (Å²) in [6.45, 7) is 1.85. The molecule has 0 aliphatic heterocycles. The molecule has 1 saturated carbocycles. The Bertz CT molecular complexity index is 391. The molecule has 1 aliphatic carbocycles. The number of halogens is 1. The van der Waals surface area contributed by atoms with Gasteiger partial charge in [-0.25, -0.2) is 0 Å². The SMILES string of the molecule is CN(Cc1csc(Br)c1)CC1CCCCC1=O. The number of carbonyl (C=O) groups is 1. The van der Waals surface area contributed by atoms with Crippen molar-refractivity contribution >= 4 is 33.0 Å². The lowest BCUT2D eigenvalue weighted by Gasteiger charge is -2.25. The maximum atomic E-state index is 11.8. The molecule has 1 fully saturated rings. The van der Waals surface area contributed by atoms with E-state index in [0.717, 1.165) is 32.4 Å². The van der Waals surface area contributed by atoms with Crippen LogP contribution in [0.4, 0.5) is 0 Å². The maximum Gasteiger partial charge on any atom is 0.137 e. The van der Waals surface area contributed by atoms with E-state index in [9.17, 15) is 4.79 Å². The highest BCUT2D eigenvalue weighted by atomic mass is 79.9. The molecule has 94 valence electrons. The van der Waals surface area contributed by atoms with Crippen LogP contribution in [0.5, 0.6) is 0 Å². The fourth-order valence-electron chi connectivity index (χ4n) is 2.43. The van der Waals surface area contributed by atoms with E-state index in [1.807, 2.05) is 0 Å². The van der Waals surface area contributed by atoms with Gasteiger partial charge in [0.15, 0.2) is 0 Å². The van der Waals surface area contributed by atoms with Gasteiger partial charge in [0.1, 0.15) is 5.78 Å². The summed E-state index contributed by atoms with van der Waals surface area (Å²) in [4.78, 5) is 14.0. The van der Waals surface area contributed by atoms with Crippen molar-refractivity contribution in [3.8, 4) is 0 Å². The second-order valence-corrected chi connectivity index (χ2v) is 7.16. The number of carbonyl (C=O) groups excluding carboxylic acids is 1. The normalized spacial score (nSPS) is 21.1. The molecule has 0 amide bonds. The van der Waals surface area contributed by atoms with E-state index in [1.165, 1.54) is 15.8 Å². The standard InChI is InChI=1S/C13H18BrNOS/c1-15(7-10-6-13(14)17-9-10)8-11-4-2-3-5-12(11)16/h6,9,11H,2-5,7-8H2,1H3. The lowest BCUT2D eigenvalue weighted by atomic mass is 9.87. The van der Waals surface area contributed by atoms with Crippen LogP contribution in [-0.4, -0.2) is 24.3 Å². The summed E-state index contributed by atoms with van der Waals surface area (Å²) in [6.07, 6.45) is 4.18. The van der Waals surface area contributed by atoms with Gasteiger partial charge in [-0.15, -0.1) is 11.3 Å². The van der Waals surface area contributed by atoms with Crippen molar-refractivity contribution in [2.45, 2.75) is 32.2 Å². The third-order valence-corrected chi connectivity index (χ3v) is 4.84. The van der Waals surface area contributed by atoms with Crippen molar-refractivity contribution in [1.82, 2.24) is 4.90 Å². The lowest BCUT2D eigenvalue weighted by Crippen LogP contribution is -2.31. The Morgan fingerprint density at radius 1 is 1.53 bits per heavy atom. The van der Waals surface area contributed by atoms with Crippen LogP contribution in [0.15, 0.2) is 15.2 Å². The molecule has 1 unspecified atom stereocenters. The van der Waals surface area contributed by atoms with Crippen molar-refractivity contribution < 1.29 is 4.79 Å². The zero-order chi connectivity index (χ0) is 12.3. The molecule has 0 N–H and O–H groups in total. The smallest absolute Gasteiger partial charge is 0.137 e. The van der Waals surface area contributed by atoms with Gasteiger partial charge in [0, 0.05) is 25.4 Å². The molecule has 1 heterocycles. The first-order chi connectivity index (χ1) is 8.15. The van der Waals surface area contributed by atoms with Gasteiger partial charge >= 0.3 is 0 Å². The first-order valence-corrected chi connectivity index (χ1v) is 7.76. The lowest BCUT2D eigenvalue weighted by molar-refractivity contribution is -0.125. The van der Waals surface area contributed by atoms with E-state index in [1.54, 1.807) is 11.3 Å². The number of rotatable bonds is 4. The highest BCUT2D eigenvalue weighted by Gasteiger charge is 2.23. The van der Waals surface area contributed by atoms with Crippen LogP contribution in [0.25, 0.3) is 0 Å².